The number of carbonyl (C=O) groups excluding carboxylic acids is 1. The van der Waals surface area contributed by atoms with Crippen LogP contribution < -0.4 is 0 Å². The molecular weight excluding hydrogens is 214 g/mol. The number of hydrogen-bond donors (Lipinski definition) is 0. The van der Waals surface area contributed by atoms with E-state index in [1.54, 1.807) is 0 Å². The first kappa shape index (κ1) is 13.9. The lowest BCUT2D eigenvalue weighted by Gasteiger charge is -2.28. The summed E-state index contributed by atoms with van der Waals surface area (Å²) in [7, 11) is 0. The van der Waals surface area contributed by atoms with Gasteiger partial charge in [-0.3, -0.25) is 0 Å². The van der Waals surface area contributed by atoms with Gasteiger partial charge in [-0.15, -0.1) is 11.8 Å². The molecule has 17 heavy (non-hydrogen) atoms. The number of nitrogens with zero attached hydrogens (tertiary/aromatic N) is 1. The van der Waals surface area contributed by atoms with E-state index in [1.165, 1.54) is 6.42 Å². The van der Waals surface area contributed by atoms with Crippen LogP contribution in [0.3, 0.4) is 0 Å². The Morgan fingerprint density at radius 1 is 1.29 bits per heavy atom. The van der Waals surface area contributed by atoms with E-state index in [9.17, 15) is 4.79 Å². The van der Waals surface area contributed by atoms with Gasteiger partial charge in [-0.2, -0.15) is 0 Å². The highest BCUT2D eigenvalue weighted by atomic mass is 16.6. The molecule has 1 saturated heterocycles. The lowest BCUT2D eigenvalue weighted by Crippen LogP contribution is -2.38. The first-order chi connectivity index (χ1) is 8.15. The minimum Gasteiger partial charge on any atom is -0.446 e. The molecule has 0 bridgehead atoms. The van der Waals surface area contributed by atoms with Gasteiger partial charge in [-0.1, -0.05) is 6.92 Å². The third-order valence-corrected chi connectivity index (χ3v) is 3.30. The number of likely N-dealkylation sites (tertiary alicyclic amines) is 1. The SMILES string of the molecule is CC#CC[C@H](C)[C@@H](C)OC(=O)N1CCCCC1. The normalized spacial score (nSPS) is 18.9. The van der Waals surface area contributed by atoms with Gasteiger partial charge in [0.15, 0.2) is 0 Å². The van der Waals surface area contributed by atoms with E-state index in [0.717, 1.165) is 32.4 Å². The van der Waals surface area contributed by atoms with Gasteiger partial charge in [0.05, 0.1) is 0 Å². The molecule has 0 spiro atoms. The molecule has 1 amide bonds. The predicted molar refractivity (Wildman–Crippen MR) is 68.6 cm³/mol. The lowest BCUT2D eigenvalue weighted by atomic mass is 10.0. The van der Waals surface area contributed by atoms with Gasteiger partial charge in [0.25, 0.3) is 0 Å². The Hall–Kier alpha value is -1.17. The van der Waals surface area contributed by atoms with E-state index >= 15 is 0 Å². The minimum absolute atomic E-state index is 0.0646. The molecule has 0 radical (unpaired) electrons. The van der Waals surface area contributed by atoms with Gasteiger partial charge in [0.1, 0.15) is 6.10 Å². The zero-order valence-electron chi connectivity index (χ0n) is 11.2. The molecule has 1 rings (SSSR count). The highest BCUT2D eigenvalue weighted by Crippen LogP contribution is 2.15. The van der Waals surface area contributed by atoms with Crippen LogP contribution >= 0.6 is 0 Å². The van der Waals surface area contributed by atoms with E-state index < -0.39 is 0 Å². The van der Waals surface area contributed by atoms with Crippen molar-refractivity contribution in [3.05, 3.63) is 0 Å². The van der Waals surface area contributed by atoms with Crippen molar-refractivity contribution >= 4 is 6.09 Å². The third-order valence-electron chi connectivity index (χ3n) is 3.30. The summed E-state index contributed by atoms with van der Waals surface area (Å²) in [6, 6.07) is 0. The van der Waals surface area contributed by atoms with Crippen LogP contribution in [0.25, 0.3) is 0 Å². The highest BCUT2D eigenvalue weighted by molar-refractivity contribution is 5.67. The molecule has 1 heterocycles. The summed E-state index contributed by atoms with van der Waals surface area (Å²) >= 11 is 0. The quantitative estimate of drug-likeness (QED) is 0.706. The van der Waals surface area contributed by atoms with Crippen LogP contribution in [0, 0.1) is 17.8 Å². The van der Waals surface area contributed by atoms with Crippen molar-refractivity contribution in [2.75, 3.05) is 13.1 Å². The monoisotopic (exact) mass is 237 g/mol. The Labute approximate surface area is 105 Å². The third kappa shape index (κ3) is 4.68. The van der Waals surface area contributed by atoms with Crippen molar-refractivity contribution in [2.45, 2.75) is 52.6 Å². The Balaban J connectivity index is 2.35. The average Bonchev–Trinajstić information content (AvgIpc) is 2.36. The summed E-state index contributed by atoms with van der Waals surface area (Å²) < 4.78 is 5.47. The molecule has 96 valence electrons. The molecule has 0 aromatic carbocycles. The molecule has 1 aliphatic heterocycles. The summed E-state index contributed by atoms with van der Waals surface area (Å²) in [4.78, 5) is 13.7. The standard InChI is InChI=1S/C14H23NO2/c1-4-5-9-12(2)13(3)17-14(16)15-10-7-6-8-11-15/h12-13H,6-11H2,1-3H3/t12-,13+/m0/s1. The van der Waals surface area contributed by atoms with Crippen LogP contribution in [-0.2, 0) is 4.74 Å². The van der Waals surface area contributed by atoms with Crippen molar-refractivity contribution in [2.24, 2.45) is 5.92 Å². The summed E-state index contributed by atoms with van der Waals surface area (Å²) in [5.41, 5.74) is 0. The molecule has 2 atom stereocenters. The number of piperidine rings is 1. The van der Waals surface area contributed by atoms with Crippen molar-refractivity contribution in [1.82, 2.24) is 4.90 Å². The summed E-state index contributed by atoms with van der Waals surface area (Å²) in [5.74, 6) is 6.18. The number of ether oxygens (including phenoxy) is 1. The van der Waals surface area contributed by atoms with Crippen LogP contribution in [0.2, 0.25) is 0 Å². The van der Waals surface area contributed by atoms with E-state index in [-0.39, 0.29) is 18.1 Å². The maximum atomic E-state index is 11.9. The van der Waals surface area contributed by atoms with E-state index in [4.69, 9.17) is 4.74 Å². The van der Waals surface area contributed by atoms with Crippen molar-refractivity contribution in [1.29, 1.82) is 0 Å². The molecule has 1 aliphatic rings. The zero-order chi connectivity index (χ0) is 12.7. The molecular formula is C14H23NO2. The molecule has 0 saturated carbocycles. The van der Waals surface area contributed by atoms with Gasteiger partial charge in [-0.25, -0.2) is 4.79 Å². The fraction of sp³-hybridized carbons (Fsp3) is 0.786. The van der Waals surface area contributed by atoms with Crippen LogP contribution in [0.1, 0.15) is 46.5 Å². The van der Waals surface area contributed by atoms with E-state index in [0.29, 0.717) is 0 Å². The topological polar surface area (TPSA) is 29.5 Å². The van der Waals surface area contributed by atoms with Gasteiger partial charge in [0, 0.05) is 25.4 Å². The summed E-state index contributed by atoms with van der Waals surface area (Å²) in [6.07, 6.45) is 3.98. The number of hydrogen-bond acceptors (Lipinski definition) is 2. The fourth-order valence-electron chi connectivity index (χ4n) is 1.86. The van der Waals surface area contributed by atoms with Gasteiger partial charge in [0.2, 0.25) is 0 Å². The smallest absolute Gasteiger partial charge is 0.410 e. The molecule has 3 nitrogen and oxygen atoms in total. The van der Waals surface area contributed by atoms with Crippen LogP contribution in [0.5, 0.6) is 0 Å². The van der Waals surface area contributed by atoms with Crippen molar-refractivity contribution < 1.29 is 9.53 Å². The van der Waals surface area contributed by atoms with Gasteiger partial charge >= 0.3 is 6.09 Å². The minimum atomic E-state index is -0.159. The average molecular weight is 237 g/mol. The first-order valence-corrected chi connectivity index (χ1v) is 6.50. The van der Waals surface area contributed by atoms with Gasteiger partial charge < -0.3 is 9.64 Å². The van der Waals surface area contributed by atoms with Crippen molar-refractivity contribution in [3.63, 3.8) is 0 Å². The Bertz CT molecular complexity index is 297. The largest absolute Gasteiger partial charge is 0.446 e. The Kier molecular flexibility index (Phi) is 5.90. The predicted octanol–water partition coefficient (Wildman–Crippen LogP) is 3.05. The van der Waals surface area contributed by atoms with Crippen LogP contribution in [0.4, 0.5) is 4.79 Å². The Morgan fingerprint density at radius 3 is 2.53 bits per heavy atom. The van der Waals surface area contributed by atoms with Gasteiger partial charge in [-0.05, 0) is 33.1 Å². The van der Waals surface area contributed by atoms with Crippen molar-refractivity contribution in [3.8, 4) is 11.8 Å². The van der Waals surface area contributed by atoms with Crippen LogP contribution in [0.15, 0.2) is 0 Å². The number of rotatable bonds is 3. The number of carbonyl (C=O) groups is 1. The fourth-order valence-corrected chi connectivity index (χ4v) is 1.86. The highest BCUT2D eigenvalue weighted by Gasteiger charge is 2.22. The first-order valence-electron chi connectivity index (χ1n) is 6.50. The molecule has 0 aromatic heterocycles. The van der Waals surface area contributed by atoms with Crippen LogP contribution in [-0.4, -0.2) is 30.2 Å². The zero-order valence-corrected chi connectivity index (χ0v) is 11.2. The maximum absolute atomic E-state index is 11.9. The van der Waals surface area contributed by atoms with E-state index in [1.807, 2.05) is 18.7 Å². The molecule has 0 unspecified atom stereocenters. The second kappa shape index (κ2) is 7.21. The maximum Gasteiger partial charge on any atom is 0.410 e. The molecule has 0 aliphatic carbocycles. The second-order valence-corrected chi connectivity index (χ2v) is 4.74. The lowest BCUT2D eigenvalue weighted by molar-refractivity contribution is 0.0440. The molecule has 3 heteroatoms. The Morgan fingerprint density at radius 2 is 1.94 bits per heavy atom. The summed E-state index contributed by atoms with van der Waals surface area (Å²) in [6.45, 7) is 7.53. The number of amides is 1. The molecule has 0 N–H and O–H groups in total. The molecule has 0 aromatic rings. The summed E-state index contributed by atoms with van der Waals surface area (Å²) in [5, 5.41) is 0. The van der Waals surface area contributed by atoms with E-state index in [2.05, 4.69) is 18.8 Å². The second-order valence-electron chi connectivity index (χ2n) is 4.74. The molecule has 1 fully saturated rings.